The molecule has 5 nitrogen and oxygen atoms in total. The van der Waals surface area contributed by atoms with Gasteiger partial charge in [0.1, 0.15) is 5.75 Å². The molecule has 0 aromatic heterocycles. The molecule has 160 valence electrons. The van der Waals surface area contributed by atoms with Crippen LogP contribution in [-0.4, -0.2) is 22.7 Å². The van der Waals surface area contributed by atoms with Crippen molar-refractivity contribution in [3.63, 3.8) is 0 Å². The largest absolute Gasteiger partial charge is 0.484 e. The standard InChI is InChI=1S/C24H17BrN2O3S2/c25-17-8-10-18(11-9-17)26-22(28)15-30-20-12-6-16(7-13-20)14-21-23(29)27(24(31)32-21)19-4-2-1-3-5-19/h1-14H,15H2,(H,26,28)/b21-14-. The average molecular weight is 525 g/mol. The Hall–Kier alpha value is -2.94. The van der Waals surface area contributed by atoms with Crippen molar-refractivity contribution in [2.75, 3.05) is 16.8 Å². The van der Waals surface area contributed by atoms with Crippen LogP contribution in [0.3, 0.4) is 0 Å². The van der Waals surface area contributed by atoms with Crippen molar-refractivity contribution < 1.29 is 14.3 Å². The van der Waals surface area contributed by atoms with Gasteiger partial charge in [0.2, 0.25) is 0 Å². The number of halogens is 1. The van der Waals surface area contributed by atoms with E-state index in [1.165, 1.54) is 16.7 Å². The zero-order valence-electron chi connectivity index (χ0n) is 16.7. The highest BCUT2D eigenvalue weighted by Crippen LogP contribution is 2.36. The van der Waals surface area contributed by atoms with E-state index in [4.69, 9.17) is 17.0 Å². The Morgan fingerprint density at radius 1 is 1.03 bits per heavy atom. The number of thioether (sulfide) groups is 1. The smallest absolute Gasteiger partial charge is 0.270 e. The number of carbonyl (C=O) groups is 2. The molecule has 3 aromatic rings. The number of para-hydroxylation sites is 1. The minimum absolute atomic E-state index is 0.106. The quantitative estimate of drug-likeness (QED) is 0.322. The maximum absolute atomic E-state index is 12.8. The number of benzene rings is 3. The van der Waals surface area contributed by atoms with Crippen LogP contribution in [0.2, 0.25) is 0 Å². The molecular weight excluding hydrogens is 508 g/mol. The normalized spacial score (nSPS) is 14.7. The molecule has 1 aliphatic rings. The van der Waals surface area contributed by atoms with E-state index in [9.17, 15) is 9.59 Å². The molecule has 32 heavy (non-hydrogen) atoms. The van der Waals surface area contributed by atoms with Gasteiger partial charge in [-0.25, -0.2) is 0 Å². The maximum atomic E-state index is 12.8. The zero-order valence-corrected chi connectivity index (χ0v) is 19.9. The predicted octanol–water partition coefficient (Wildman–Crippen LogP) is 5.87. The molecule has 1 fully saturated rings. The third kappa shape index (κ3) is 5.45. The molecule has 0 aliphatic carbocycles. The van der Waals surface area contributed by atoms with Crippen molar-refractivity contribution in [2.24, 2.45) is 0 Å². The summed E-state index contributed by atoms with van der Waals surface area (Å²) < 4.78 is 7.00. The van der Waals surface area contributed by atoms with Gasteiger partial charge in [-0.15, -0.1) is 0 Å². The molecule has 1 heterocycles. The van der Waals surface area contributed by atoms with Gasteiger partial charge in [0.05, 0.1) is 10.6 Å². The fourth-order valence-electron chi connectivity index (χ4n) is 2.96. The van der Waals surface area contributed by atoms with E-state index in [1.807, 2.05) is 54.6 Å². The predicted molar refractivity (Wildman–Crippen MR) is 137 cm³/mol. The summed E-state index contributed by atoms with van der Waals surface area (Å²) in [6.45, 7) is -0.106. The molecule has 2 amide bonds. The SMILES string of the molecule is O=C(COc1ccc(/C=C2\SC(=S)N(c3ccccc3)C2=O)cc1)Nc1ccc(Br)cc1. The molecule has 0 spiro atoms. The zero-order chi connectivity index (χ0) is 22.5. The third-order valence-electron chi connectivity index (χ3n) is 4.48. The van der Waals surface area contributed by atoms with E-state index in [0.29, 0.717) is 20.7 Å². The lowest BCUT2D eigenvalue weighted by atomic mass is 10.2. The van der Waals surface area contributed by atoms with E-state index in [1.54, 1.807) is 30.3 Å². The molecule has 1 saturated heterocycles. The van der Waals surface area contributed by atoms with E-state index >= 15 is 0 Å². The van der Waals surface area contributed by atoms with Crippen molar-refractivity contribution >= 4 is 73.5 Å². The van der Waals surface area contributed by atoms with Gasteiger partial charge in [-0.2, -0.15) is 0 Å². The van der Waals surface area contributed by atoms with Crippen molar-refractivity contribution in [3.8, 4) is 5.75 Å². The first-order chi connectivity index (χ1) is 15.5. The number of amides is 2. The van der Waals surface area contributed by atoms with Gasteiger partial charge in [0.15, 0.2) is 10.9 Å². The van der Waals surface area contributed by atoms with Crippen LogP contribution in [0.1, 0.15) is 5.56 Å². The molecule has 1 aliphatic heterocycles. The second-order valence-corrected chi connectivity index (χ2v) is 9.36. The number of carbonyl (C=O) groups excluding carboxylic acids is 2. The van der Waals surface area contributed by atoms with Crippen LogP contribution >= 0.6 is 39.9 Å². The lowest BCUT2D eigenvalue weighted by Crippen LogP contribution is -2.27. The van der Waals surface area contributed by atoms with E-state index in [2.05, 4.69) is 21.2 Å². The second-order valence-electron chi connectivity index (χ2n) is 6.77. The van der Waals surface area contributed by atoms with Crippen LogP contribution in [-0.2, 0) is 9.59 Å². The highest BCUT2D eigenvalue weighted by molar-refractivity contribution is 9.10. The Morgan fingerprint density at radius 3 is 2.41 bits per heavy atom. The Balaban J connectivity index is 1.36. The molecule has 0 atom stereocenters. The molecular formula is C24H17BrN2O3S2. The van der Waals surface area contributed by atoms with Gasteiger partial charge in [-0.05, 0) is 60.2 Å². The first-order valence-electron chi connectivity index (χ1n) is 9.61. The van der Waals surface area contributed by atoms with Crippen LogP contribution in [0, 0.1) is 0 Å². The number of anilines is 2. The number of hydrogen-bond donors (Lipinski definition) is 1. The topological polar surface area (TPSA) is 58.6 Å². The summed E-state index contributed by atoms with van der Waals surface area (Å²) in [6.07, 6.45) is 1.80. The molecule has 0 unspecified atom stereocenters. The molecule has 1 N–H and O–H groups in total. The number of nitrogens with zero attached hydrogens (tertiary/aromatic N) is 1. The van der Waals surface area contributed by atoms with E-state index in [-0.39, 0.29) is 18.4 Å². The van der Waals surface area contributed by atoms with Gasteiger partial charge < -0.3 is 10.1 Å². The molecule has 8 heteroatoms. The summed E-state index contributed by atoms with van der Waals surface area (Å²) >= 11 is 10.0. The van der Waals surface area contributed by atoms with Crippen molar-refractivity contribution in [1.82, 2.24) is 0 Å². The Kier molecular flexibility index (Phi) is 7.04. The Morgan fingerprint density at radius 2 is 1.72 bits per heavy atom. The fraction of sp³-hybridized carbons (Fsp3) is 0.0417. The van der Waals surface area contributed by atoms with Crippen LogP contribution in [0.5, 0.6) is 5.75 Å². The van der Waals surface area contributed by atoms with Gasteiger partial charge in [-0.1, -0.05) is 70.2 Å². The highest BCUT2D eigenvalue weighted by atomic mass is 79.9. The van der Waals surface area contributed by atoms with Crippen LogP contribution < -0.4 is 15.0 Å². The van der Waals surface area contributed by atoms with E-state index < -0.39 is 0 Å². The summed E-state index contributed by atoms with van der Waals surface area (Å²) in [5, 5.41) is 2.77. The number of hydrogen-bond acceptors (Lipinski definition) is 5. The van der Waals surface area contributed by atoms with Crippen molar-refractivity contribution in [2.45, 2.75) is 0 Å². The minimum Gasteiger partial charge on any atom is -0.484 e. The lowest BCUT2D eigenvalue weighted by Gasteiger charge is -2.13. The Labute approximate surface area is 203 Å². The van der Waals surface area contributed by atoms with Crippen LogP contribution in [0.4, 0.5) is 11.4 Å². The van der Waals surface area contributed by atoms with Gasteiger partial charge in [-0.3, -0.25) is 14.5 Å². The monoisotopic (exact) mass is 524 g/mol. The average Bonchev–Trinajstić information content (AvgIpc) is 3.08. The van der Waals surface area contributed by atoms with Crippen LogP contribution in [0.25, 0.3) is 6.08 Å². The molecule has 0 bridgehead atoms. The number of nitrogens with one attached hydrogen (secondary N) is 1. The number of rotatable bonds is 6. The highest BCUT2D eigenvalue weighted by Gasteiger charge is 2.33. The van der Waals surface area contributed by atoms with Crippen molar-refractivity contribution in [1.29, 1.82) is 0 Å². The second kappa shape index (κ2) is 10.1. The van der Waals surface area contributed by atoms with Gasteiger partial charge in [0.25, 0.3) is 11.8 Å². The molecule has 0 radical (unpaired) electrons. The summed E-state index contributed by atoms with van der Waals surface area (Å²) in [4.78, 5) is 27.0. The molecule has 3 aromatic carbocycles. The summed E-state index contributed by atoms with van der Waals surface area (Å²) in [5.74, 6) is 0.169. The molecule has 4 rings (SSSR count). The third-order valence-corrected chi connectivity index (χ3v) is 6.31. The van der Waals surface area contributed by atoms with Crippen LogP contribution in [0.15, 0.2) is 88.2 Å². The first kappa shape index (κ1) is 22.3. The number of ether oxygens (including phenoxy) is 1. The van der Waals surface area contributed by atoms with Crippen molar-refractivity contribution in [3.05, 3.63) is 93.8 Å². The minimum atomic E-state index is -0.249. The van der Waals surface area contributed by atoms with Gasteiger partial charge in [0, 0.05) is 10.2 Å². The van der Waals surface area contributed by atoms with Gasteiger partial charge >= 0.3 is 0 Å². The fourth-order valence-corrected chi connectivity index (χ4v) is 4.52. The molecule has 0 saturated carbocycles. The Bertz CT molecular complexity index is 1180. The summed E-state index contributed by atoms with van der Waals surface area (Å²) in [6, 6.07) is 23.8. The van der Waals surface area contributed by atoms with E-state index in [0.717, 1.165) is 15.7 Å². The number of thiocarbonyl (C=S) groups is 1. The summed E-state index contributed by atoms with van der Waals surface area (Å²) in [5.41, 5.74) is 2.29. The first-order valence-corrected chi connectivity index (χ1v) is 11.6. The summed E-state index contributed by atoms with van der Waals surface area (Å²) in [7, 11) is 0. The maximum Gasteiger partial charge on any atom is 0.270 e. The lowest BCUT2D eigenvalue weighted by molar-refractivity contribution is -0.118.